The van der Waals surface area contributed by atoms with Crippen molar-refractivity contribution in [1.29, 1.82) is 0 Å². The van der Waals surface area contributed by atoms with Crippen molar-refractivity contribution in [3.8, 4) is 5.75 Å². The molecule has 1 aliphatic rings. The molecule has 0 fully saturated rings. The molecular formula is C23H16ClNO7S. The minimum absolute atomic E-state index is 0.0314. The fourth-order valence-electron chi connectivity index (χ4n) is 3.39. The predicted molar refractivity (Wildman–Crippen MR) is 119 cm³/mol. The molecule has 0 aliphatic carbocycles. The number of methoxy groups -OCH3 is 1. The lowest BCUT2D eigenvalue weighted by atomic mass is 10.0. The van der Waals surface area contributed by atoms with Crippen LogP contribution in [0, 0.1) is 0 Å². The Kier molecular flexibility index (Phi) is 5.92. The maximum atomic E-state index is 13.0. The molecule has 3 aromatic carbocycles. The summed E-state index contributed by atoms with van der Waals surface area (Å²) in [6.45, 7) is -0.639. The Morgan fingerprint density at radius 3 is 2.45 bits per heavy atom. The van der Waals surface area contributed by atoms with E-state index in [-0.39, 0.29) is 26.5 Å². The fraction of sp³-hybridized carbons (Fsp3) is 0.0870. The van der Waals surface area contributed by atoms with Crippen molar-refractivity contribution in [3.63, 3.8) is 0 Å². The van der Waals surface area contributed by atoms with Gasteiger partial charge in [0.1, 0.15) is 5.75 Å². The second kappa shape index (κ2) is 8.68. The molecule has 0 atom stereocenters. The van der Waals surface area contributed by atoms with Crippen LogP contribution in [0.3, 0.4) is 0 Å². The molecule has 4 rings (SSSR count). The van der Waals surface area contributed by atoms with E-state index >= 15 is 0 Å². The van der Waals surface area contributed by atoms with Gasteiger partial charge in [-0.2, -0.15) is 0 Å². The van der Waals surface area contributed by atoms with E-state index in [0.29, 0.717) is 16.5 Å². The normalized spacial score (nSPS) is 13.5. The molecular weight excluding hydrogens is 470 g/mol. The molecule has 168 valence electrons. The Morgan fingerprint density at radius 2 is 1.70 bits per heavy atom. The number of esters is 1. The Morgan fingerprint density at radius 1 is 0.970 bits per heavy atom. The van der Waals surface area contributed by atoms with Gasteiger partial charge in [0.15, 0.2) is 12.4 Å². The fourth-order valence-corrected chi connectivity index (χ4v) is 5.24. The topological polar surface area (TPSA) is 116 Å². The maximum absolute atomic E-state index is 13.0. The third-order valence-corrected chi connectivity index (χ3v) is 7.03. The lowest BCUT2D eigenvalue weighted by molar-refractivity contribution is -0.119. The van der Waals surface area contributed by atoms with Crippen LogP contribution in [0.5, 0.6) is 5.75 Å². The summed E-state index contributed by atoms with van der Waals surface area (Å²) >= 11 is 5.92. The molecule has 33 heavy (non-hydrogen) atoms. The van der Waals surface area contributed by atoms with Crippen molar-refractivity contribution in [1.82, 2.24) is 0 Å². The van der Waals surface area contributed by atoms with Crippen molar-refractivity contribution in [2.45, 2.75) is 9.79 Å². The highest BCUT2D eigenvalue weighted by Gasteiger charge is 2.35. The number of hydrogen-bond acceptors (Lipinski definition) is 7. The van der Waals surface area contributed by atoms with Gasteiger partial charge >= 0.3 is 5.97 Å². The van der Waals surface area contributed by atoms with E-state index in [9.17, 15) is 22.8 Å². The van der Waals surface area contributed by atoms with Crippen molar-refractivity contribution >= 4 is 44.8 Å². The van der Waals surface area contributed by atoms with Crippen LogP contribution in [-0.2, 0) is 19.4 Å². The zero-order valence-corrected chi connectivity index (χ0v) is 18.7. The van der Waals surface area contributed by atoms with Crippen molar-refractivity contribution in [2.75, 3.05) is 19.0 Å². The molecule has 1 aliphatic heterocycles. The summed E-state index contributed by atoms with van der Waals surface area (Å²) in [6, 6.07) is 14.1. The van der Waals surface area contributed by atoms with Gasteiger partial charge in [-0.15, -0.1) is 0 Å². The molecule has 8 nitrogen and oxygen atoms in total. The molecule has 10 heteroatoms. The summed E-state index contributed by atoms with van der Waals surface area (Å²) < 4.78 is 36.1. The first kappa shape index (κ1) is 22.5. The molecule has 0 saturated carbocycles. The highest BCUT2D eigenvalue weighted by Crippen LogP contribution is 2.35. The number of halogens is 1. The summed E-state index contributed by atoms with van der Waals surface area (Å²) in [4.78, 5) is 37.0. The highest BCUT2D eigenvalue weighted by molar-refractivity contribution is 7.91. The minimum Gasteiger partial charge on any atom is -0.495 e. The standard InChI is InChI=1S/C23H16ClNO7S/c1-31-18-9-7-14(24)11-17(18)25-21(26)12-32-23(28)13-6-8-16-20(10-13)33(29,30)19-5-3-2-4-15(19)22(16)27/h2-11H,12H2,1H3,(H,25,26). The van der Waals surface area contributed by atoms with E-state index in [4.69, 9.17) is 21.1 Å². The van der Waals surface area contributed by atoms with Gasteiger partial charge in [0.25, 0.3) is 5.91 Å². The number of fused-ring (bicyclic) bond motifs is 2. The number of hydrogen-bond donors (Lipinski definition) is 1. The van der Waals surface area contributed by atoms with Gasteiger partial charge < -0.3 is 14.8 Å². The van der Waals surface area contributed by atoms with Crippen molar-refractivity contribution in [2.24, 2.45) is 0 Å². The van der Waals surface area contributed by atoms with E-state index in [0.717, 1.165) is 6.07 Å². The minimum atomic E-state index is -4.01. The Hall–Kier alpha value is -3.69. The lowest BCUT2D eigenvalue weighted by Gasteiger charge is -2.19. The van der Waals surface area contributed by atoms with Gasteiger partial charge in [0, 0.05) is 16.1 Å². The third-order valence-electron chi connectivity index (χ3n) is 4.94. The van der Waals surface area contributed by atoms with E-state index < -0.39 is 34.1 Å². The van der Waals surface area contributed by atoms with Gasteiger partial charge in [0.05, 0.1) is 28.2 Å². The lowest BCUT2D eigenvalue weighted by Crippen LogP contribution is -2.23. The summed E-state index contributed by atoms with van der Waals surface area (Å²) in [7, 11) is -2.59. The van der Waals surface area contributed by atoms with Gasteiger partial charge in [-0.05, 0) is 48.5 Å². The van der Waals surface area contributed by atoms with Crippen molar-refractivity contribution < 1.29 is 32.3 Å². The van der Waals surface area contributed by atoms with Gasteiger partial charge in [0.2, 0.25) is 9.84 Å². The second-order valence-electron chi connectivity index (χ2n) is 7.01. The molecule has 0 saturated heterocycles. The number of rotatable bonds is 5. The van der Waals surface area contributed by atoms with E-state index in [1.807, 2.05) is 0 Å². The largest absolute Gasteiger partial charge is 0.495 e. The van der Waals surface area contributed by atoms with E-state index in [1.54, 1.807) is 18.2 Å². The number of nitrogens with one attached hydrogen (secondary N) is 1. The van der Waals surface area contributed by atoms with E-state index in [2.05, 4.69) is 5.32 Å². The van der Waals surface area contributed by atoms with Crippen LogP contribution in [0.4, 0.5) is 5.69 Å². The number of carbonyl (C=O) groups is 3. The summed E-state index contributed by atoms with van der Waals surface area (Å²) in [5.41, 5.74) is 0.227. The van der Waals surface area contributed by atoms with Crippen LogP contribution in [0.15, 0.2) is 70.5 Å². The zero-order chi connectivity index (χ0) is 23.8. The van der Waals surface area contributed by atoms with Crippen LogP contribution in [0.25, 0.3) is 0 Å². The van der Waals surface area contributed by atoms with Crippen LogP contribution in [0.2, 0.25) is 5.02 Å². The molecule has 1 amide bonds. The number of ketones is 1. The SMILES string of the molecule is COc1ccc(Cl)cc1NC(=O)COC(=O)c1ccc2c(c1)S(=O)(=O)c1ccccc1C2=O. The maximum Gasteiger partial charge on any atom is 0.338 e. The monoisotopic (exact) mass is 485 g/mol. The number of ether oxygens (including phenoxy) is 2. The number of anilines is 1. The van der Waals surface area contributed by atoms with Gasteiger partial charge in [-0.3, -0.25) is 9.59 Å². The van der Waals surface area contributed by atoms with Crippen molar-refractivity contribution in [3.05, 3.63) is 82.4 Å². The first-order chi connectivity index (χ1) is 15.7. The Balaban J connectivity index is 1.52. The quantitative estimate of drug-likeness (QED) is 0.430. The molecule has 0 spiro atoms. The zero-order valence-electron chi connectivity index (χ0n) is 17.1. The molecule has 1 N–H and O–H groups in total. The predicted octanol–water partition coefficient (Wildman–Crippen LogP) is 3.52. The average Bonchev–Trinajstić information content (AvgIpc) is 2.81. The van der Waals surface area contributed by atoms with Crippen LogP contribution in [-0.4, -0.2) is 39.8 Å². The summed E-state index contributed by atoms with van der Waals surface area (Å²) in [6.07, 6.45) is 0. The number of sulfone groups is 1. The van der Waals surface area contributed by atoms with Gasteiger partial charge in [-0.25, -0.2) is 13.2 Å². The van der Waals surface area contributed by atoms with E-state index in [1.165, 1.54) is 43.5 Å². The number of carbonyl (C=O) groups excluding carboxylic acids is 3. The molecule has 0 aromatic heterocycles. The molecule has 0 bridgehead atoms. The molecule has 1 heterocycles. The number of amides is 1. The van der Waals surface area contributed by atoms with Crippen LogP contribution < -0.4 is 10.1 Å². The smallest absolute Gasteiger partial charge is 0.338 e. The Labute approximate surface area is 194 Å². The second-order valence-corrected chi connectivity index (χ2v) is 9.33. The first-order valence-electron chi connectivity index (χ1n) is 9.56. The molecule has 0 unspecified atom stereocenters. The Bertz CT molecular complexity index is 1420. The average molecular weight is 486 g/mol. The summed E-state index contributed by atoms with van der Waals surface area (Å²) in [5.74, 6) is -1.67. The highest BCUT2D eigenvalue weighted by atomic mass is 35.5. The summed E-state index contributed by atoms with van der Waals surface area (Å²) in [5, 5.41) is 2.89. The van der Waals surface area contributed by atoms with Crippen LogP contribution >= 0.6 is 11.6 Å². The van der Waals surface area contributed by atoms with Gasteiger partial charge in [-0.1, -0.05) is 23.7 Å². The first-order valence-corrected chi connectivity index (χ1v) is 11.4. The molecule has 0 radical (unpaired) electrons. The molecule has 3 aromatic rings. The van der Waals surface area contributed by atoms with Crippen LogP contribution in [0.1, 0.15) is 26.3 Å². The number of benzene rings is 3. The third kappa shape index (κ3) is 4.20.